The molecule has 0 bridgehead atoms. The van der Waals surface area contributed by atoms with Gasteiger partial charge < -0.3 is 10.1 Å². The first-order chi connectivity index (χ1) is 13.5. The summed E-state index contributed by atoms with van der Waals surface area (Å²) in [5.41, 5.74) is 0. The molecule has 28 heavy (non-hydrogen) atoms. The first kappa shape index (κ1) is 19.8. The third-order valence-electron chi connectivity index (χ3n) is 6.21. The van der Waals surface area contributed by atoms with Crippen LogP contribution in [0.5, 0.6) is 0 Å². The Morgan fingerprint density at radius 2 is 1.89 bits per heavy atom. The molecule has 3 atom stereocenters. The average molecular weight is 411 g/mol. The summed E-state index contributed by atoms with van der Waals surface area (Å²) < 4.78 is 46.8. The van der Waals surface area contributed by atoms with E-state index in [1.807, 2.05) is 0 Å². The number of nitrogens with one attached hydrogen (secondary N) is 1. The maximum absolute atomic E-state index is 13.9. The van der Waals surface area contributed by atoms with Gasteiger partial charge in [-0.1, -0.05) is 31.4 Å². The standard InChI is InChI=1S/C20H27FN2O4S/c21-16-8-4-5-9-19(16)28(25,26)23-13-18-17(23)11-10-15(27-18)12-22-20(24)14-6-2-1-3-7-14/h4-5,8-9,14-15,17-18H,1-3,6-7,10-13H2,(H,22,24)/t15-,17-,18-/m0/s1. The molecule has 3 fully saturated rings. The summed E-state index contributed by atoms with van der Waals surface area (Å²) in [5, 5.41) is 3.01. The Morgan fingerprint density at radius 1 is 1.14 bits per heavy atom. The van der Waals surface area contributed by atoms with Crippen LogP contribution >= 0.6 is 0 Å². The molecule has 0 aromatic heterocycles. The largest absolute Gasteiger partial charge is 0.370 e. The molecule has 1 saturated carbocycles. The highest BCUT2D eigenvalue weighted by Gasteiger charge is 2.50. The summed E-state index contributed by atoms with van der Waals surface area (Å²) in [6.07, 6.45) is 6.43. The van der Waals surface area contributed by atoms with Crippen LogP contribution in [0, 0.1) is 11.7 Å². The van der Waals surface area contributed by atoms with Crippen molar-refractivity contribution in [2.24, 2.45) is 5.92 Å². The Labute approximate surface area is 165 Å². The highest BCUT2D eigenvalue weighted by Crippen LogP contribution is 2.37. The van der Waals surface area contributed by atoms with Crippen molar-refractivity contribution in [3.05, 3.63) is 30.1 Å². The van der Waals surface area contributed by atoms with Crippen LogP contribution in [0.4, 0.5) is 4.39 Å². The van der Waals surface area contributed by atoms with Crippen molar-refractivity contribution in [1.29, 1.82) is 0 Å². The molecule has 6 nitrogen and oxygen atoms in total. The van der Waals surface area contributed by atoms with Crippen molar-refractivity contribution < 1.29 is 22.3 Å². The van der Waals surface area contributed by atoms with E-state index in [0.717, 1.165) is 31.7 Å². The van der Waals surface area contributed by atoms with Crippen LogP contribution in [0.15, 0.2) is 29.2 Å². The summed E-state index contributed by atoms with van der Waals surface area (Å²) in [4.78, 5) is 12.0. The minimum absolute atomic E-state index is 0.0906. The van der Waals surface area contributed by atoms with Crippen molar-refractivity contribution in [3.63, 3.8) is 0 Å². The second kappa shape index (κ2) is 8.08. The molecule has 2 saturated heterocycles. The van der Waals surface area contributed by atoms with Crippen LogP contribution < -0.4 is 5.32 Å². The van der Waals surface area contributed by atoms with Gasteiger partial charge in [0.05, 0.1) is 18.2 Å². The maximum Gasteiger partial charge on any atom is 0.246 e. The van der Waals surface area contributed by atoms with Gasteiger partial charge in [-0.25, -0.2) is 12.8 Å². The number of benzene rings is 1. The molecule has 2 heterocycles. The van der Waals surface area contributed by atoms with E-state index in [-0.39, 0.29) is 41.5 Å². The zero-order chi connectivity index (χ0) is 19.7. The van der Waals surface area contributed by atoms with Gasteiger partial charge in [-0.05, 0) is 37.8 Å². The van der Waals surface area contributed by atoms with Gasteiger partial charge in [0.25, 0.3) is 0 Å². The fraction of sp³-hybridized carbons (Fsp3) is 0.650. The van der Waals surface area contributed by atoms with Gasteiger partial charge >= 0.3 is 0 Å². The predicted octanol–water partition coefficient (Wildman–Crippen LogP) is 2.44. The number of carbonyl (C=O) groups excluding carboxylic acids is 1. The lowest BCUT2D eigenvalue weighted by Gasteiger charge is -2.50. The lowest BCUT2D eigenvalue weighted by atomic mass is 9.88. The molecule has 1 aliphatic carbocycles. The van der Waals surface area contributed by atoms with E-state index in [1.165, 1.54) is 28.9 Å². The van der Waals surface area contributed by atoms with Crippen LogP contribution in [0.25, 0.3) is 0 Å². The SMILES string of the molecule is O=C(NC[C@@H]1CC[C@H]2[C@H](CN2S(=O)(=O)c2ccccc2F)O1)C1CCCCC1. The van der Waals surface area contributed by atoms with Crippen LogP contribution in [-0.4, -0.2) is 50.0 Å². The van der Waals surface area contributed by atoms with Gasteiger partial charge in [-0.15, -0.1) is 0 Å². The number of ether oxygens (including phenoxy) is 1. The zero-order valence-corrected chi connectivity index (χ0v) is 16.7. The minimum Gasteiger partial charge on any atom is -0.370 e. The number of hydrogen-bond acceptors (Lipinski definition) is 4. The molecular formula is C20H27FN2O4S. The molecule has 1 aromatic carbocycles. The summed E-state index contributed by atoms with van der Waals surface area (Å²) in [7, 11) is -3.85. The van der Waals surface area contributed by atoms with Crippen molar-refractivity contribution in [2.75, 3.05) is 13.1 Å². The molecule has 0 spiro atoms. The molecular weight excluding hydrogens is 383 g/mol. The summed E-state index contributed by atoms with van der Waals surface area (Å²) >= 11 is 0. The number of amides is 1. The van der Waals surface area contributed by atoms with Gasteiger partial charge in [-0.2, -0.15) is 4.31 Å². The number of halogens is 1. The van der Waals surface area contributed by atoms with Gasteiger partial charge in [0.1, 0.15) is 10.7 Å². The lowest BCUT2D eigenvalue weighted by Crippen LogP contribution is -2.66. The first-order valence-electron chi connectivity index (χ1n) is 10.2. The van der Waals surface area contributed by atoms with Gasteiger partial charge in [0.15, 0.2) is 0 Å². The molecule has 1 aromatic rings. The van der Waals surface area contributed by atoms with E-state index in [0.29, 0.717) is 19.4 Å². The van der Waals surface area contributed by atoms with Crippen molar-refractivity contribution in [1.82, 2.24) is 9.62 Å². The fourth-order valence-electron chi connectivity index (χ4n) is 4.55. The Morgan fingerprint density at radius 3 is 2.61 bits per heavy atom. The van der Waals surface area contributed by atoms with Crippen molar-refractivity contribution in [2.45, 2.75) is 68.1 Å². The number of sulfonamides is 1. The molecule has 3 aliphatic rings. The summed E-state index contributed by atoms with van der Waals surface area (Å²) in [6, 6.07) is 5.20. The highest BCUT2D eigenvalue weighted by molar-refractivity contribution is 7.89. The van der Waals surface area contributed by atoms with Crippen molar-refractivity contribution in [3.8, 4) is 0 Å². The highest BCUT2D eigenvalue weighted by atomic mass is 32.2. The smallest absolute Gasteiger partial charge is 0.246 e. The van der Waals surface area contributed by atoms with E-state index >= 15 is 0 Å². The molecule has 0 radical (unpaired) electrons. The molecule has 154 valence electrons. The molecule has 1 amide bonds. The Kier molecular flexibility index (Phi) is 5.71. The monoisotopic (exact) mass is 410 g/mol. The molecule has 2 aliphatic heterocycles. The van der Waals surface area contributed by atoms with Gasteiger partial charge in [-0.3, -0.25) is 4.79 Å². The van der Waals surface area contributed by atoms with Crippen molar-refractivity contribution >= 4 is 15.9 Å². The number of rotatable bonds is 5. The quantitative estimate of drug-likeness (QED) is 0.809. The fourth-order valence-corrected chi connectivity index (χ4v) is 6.31. The molecule has 1 N–H and O–H groups in total. The van der Waals surface area contributed by atoms with E-state index < -0.39 is 15.8 Å². The zero-order valence-electron chi connectivity index (χ0n) is 15.8. The maximum atomic E-state index is 13.9. The molecule has 0 unspecified atom stereocenters. The number of hydrogen-bond donors (Lipinski definition) is 1. The van der Waals surface area contributed by atoms with Crippen LogP contribution in [0.2, 0.25) is 0 Å². The normalized spacial score (nSPS) is 29.0. The second-order valence-electron chi connectivity index (χ2n) is 8.03. The number of fused-ring (bicyclic) bond motifs is 1. The van der Waals surface area contributed by atoms with E-state index in [4.69, 9.17) is 4.74 Å². The second-order valence-corrected chi connectivity index (χ2v) is 9.89. The predicted molar refractivity (Wildman–Crippen MR) is 102 cm³/mol. The van der Waals surface area contributed by atoms with E-state index in [2.05, 4.69) is 5.32 Å². The molecule has 4 rings (SSSR count). The Bertz CT molecular complexity index is 825. The van der Waals surface area contributed by atoms with Gasteiger partial charge in [0, 0.05) is 19.0 Å². The summed E-state index contributed by atoms with van der Waals surface area (Å²) in [6.45, 7) is 0.701. The van der Waals surface area contributed by atoms with E-state index in [1.54, 1.807) is 0 Å². The number of nitrogens with zero attached hydrogens (tertiary/aromatic N) is 1. The Hall–Kier alpha value is -1.51. The van der Waals surface area contributed by atoms with E-state index in [9.17, 15) is 17.6 Å². The van der Waals surface area contributed by atoms with Gasteiger partial charge in [0.2, 0.25) is 15.9 Å². The Balaban J connectivity index is 1.30. The summed E-state index contributed by atoms with van der Waals surface area (Å²) in [5.74, 6) is -0.496. The lowest BCUT2D eigenvalue weighted by molar-refractivity contribution is -0.142. The number of carbonyl (C=O) groups is 1. The third kappa shape index (κ3) is 3.82. The van der Waals surface area contributed by atoms with Crippen LogP contribution in [0.1, 0.15) is 44.9 Å². The van der Waals surface area contributed by atoms with Crippen LogP contribution in [0.3, 0.4) is 0 Å². The molecule has 8 heteroatoms. The van der Waals surface area contributed by atoms with Crippen LogP contribution in [-0.2, 0) is 19.6 Å². The topological polar surface area (TPSA) is 75.7 Å². The average Bonchev–Trinajstić information content (AvgIpc) is 2.68. The minimum atomic E-state index is -3.85. The third-order valence-corrected chi connectivity index (χ3v) is 8.14. The first-order valence-corrected chi connectivity index (χ1v) is 11.6.